The molecule has 1 aromatic carbocycles. The molecule has 0 aromatic heterocycles. The summed E-state index contributed by atoms with van der Waals surface area (Å²) in [7, 11) is 0. The standard InChI is InChI=1S/C16H25BrN2O/c1-4-14(18)10-12-9-13(17)5-6-15(12)19-7-8-20-16(2,3)11-19/h5-6,9,14H,4,7-8,10-11,18H2,1-3H3. The zero-order valence-electron chi connectivity index (χ0n) is 12.7. The molecule has 1 saturated heterocycles. The predicted octanol–water partition coefficient (Wildman–Crippen LogP) is 3.34. The molecule has 4 heteroatoms. The Morgan fingerprint density at radius 2 is 2.20 bits per heavy atom. The highest BCUT2D eigenvalue weighted by Crippen LogP contribution is 2.29. The van der Waals surface area contributed by atoms with Gasteiger partial charge in [0.2, 0.25) is 0 Å². The minimum Gasteiger partial charge on any atom is -0.372 e. The van der Waals surface area contributed by atoms with Gasteiger partial charge in [-0.05, 0) is 50.5 Å². The lowest BCUT2D eigenvalue weighted by Gasteiger charge is -2.40. The summed E-state index contributed by atoms with van der Waals surface area (Å²) in [6.07, 6.45) is 1.92. The van der Waals surface area contributed by atoms with E-state index in [9.17, 15) is 0 Å². The first-order valence-corrected chi connectivity index (χ1v) is 8.13. The van der Waals surface area contributed by atoms with Gasteiger partial charge in [-0.15, -0.1) is 0 Å². The number of halogens is 1. The molecule has 0 radical (unpaired) electrons. The number of rotatable bonds is 4. The normalized spacial score (nSPS) is 19.9. The van der Waals surface area contributed by atoms with Crippen molar-refractivity contribution in [3.8, 4) is 0 Å². The quantitative estimate of drug-likeness (QED) is 0.913. The van der Waals surface area contributed by atoms with Gasteiger partial charge in [0.1, 0.15) is 0 Å². The van der Waals surface area contributed by atoms with Crippen molar-refractivity contribution < 1.29 is 4.74 Å². The Morgan fingerprint density at radius 1 is 1.45 bits per heavy atom. The van der Waals surface area contributed by atoms with Crippen LogP contribution in [0.25, 0.3) is 0 Å². The number of benzene rings is 1. The molecule has 1 unspecified atom stereocenters. The van der Waals surface area contributed by atoms with Gasteiger partial charge in [0, 0.05) is 29.3 Å². The van der Waals surface area contributed by atoms with E-state index in [0.29, 0.717) is 0 Å². The summed E-state index contributed by atoms with van der Waals surface area (Å²) in [5, 5.41) is 0. The van der Waals surface area contributed by atoms with Crippen LogP contribution < -0.4 is 10.6 Å². The third kappa shape index (κ3) is 3.96. The minimum absolute atomic E-state index is 0.0878. The van der Waals surface area contributed by atoms with Gasteiger partial charge < -0.3 is 15.4 Å². The van der Waals surface area contributed by atoms with Crippen molar-refractivity contribution in [2.45, 2.75) is 45.3 Å². The highest BCUT2D eigenvalue weighted by atomic mass is 79.9. The van der Waals surface area contributed by atoms with Gasteiger partial charge in [-0.2, -0.15) is 0 Å². The van der Waals surface area contributed by atoms with Crippen molar-refractivity contribution in [3.05, 3.63) is 28.2 Å². The number of anilines is 1. The Kier molecular flexibility index (Phi) is 5.10. The highest BCUT2D eigenvalue weighted by molar-refractivity contribution is 9.10. The van der Waals surface area contributed by atoms with E-state index in [1.54, 1.807) is 0 Å². The number of nitrogens with two attached hydrogens (primary N) is 1. The SMILES string of the molecule is CCC(N)Cc1cc(Br)ccc1N1CCOC(C)(C)C1. The first-order valence-electron chi connectivity index (χ1n) is 7.34. The van der Waals surface area contributed by atoms with E-state index in [1.165, 1.54) is 11.3 Å². The fraction of sp³-hybridized carbons (Fsp3) is 0.625. The molecule has 3 nitrogen and oxygen atoms in total. The van der Waals surface area contributed by atoms with Crippen molar-refractivity contribution in [2.24, 2.45) is 5.73 Å². The van der Waals surface area contributed by atoms with E-state index in [2.05, 4.69) is 59.8 Å². The molecule has 2 rings (SSSR count). The molecule has 0 spiro atoms. The second-order valence-corrected chi connectivity index (χ2v) is 7.09. The average Bonchev–Trinajstić information content (AvgIpc) is 2.37. The Hall–Kier alpha value is -0.580. The van der Waals surface area contributed by atoms with Crippen molar-refractivity contribution in [2.75, 3.05) is 24.6 Å². The third-order valence-corrected chi connectivity index (χ3v) is 4.31. The van der Waals surface area contributed by atoms with Crippen LogP contribution in [0.15, 0.2) is 22.7 Å². The van der Waals surface area contributed by atoms with Crippen LogP contribution in [0.2, 0.25) is 0 Å². The molecular formula is C16H25BrN2O. The molecule has 0 saturated carbocycles. The van der Waals surface area contributed by atoms with E-state index in [0.717, 1.165) is 37.0 Å². The molecule has 112 valence electrons. The molecular weight excluding hydrogens is 316 g/mol. The molecule has 1 aliphatic heterocycles. The maximum absolute atomic E-state index is 6.15. The van der Waals surface area contributed by atoms with Gasteiger partial charge >= 0.3 is 0 Å². The second-order valence-electron chi connectivity index (χ2n) is 6.18. The van der Waals surface area contributed by atoms with Gasteiger partial charge in [0.05, 0.1) is 12.2 Å². The number of nitrogens with zero attached hydrogens (tertiary/aromatic N) is 1. The zero-order chi connectivity index (χ0) is 14.8. The maximum Gasteiger partial charge on any atom is 0.0801 e. The van der Waals surface area contributed by atoms with Gasteiger partial charge in [-0.1, -0.05) is 22.9 Å². The number of morpholine rings is 1. The summed E-state index contributed by atoms with van der Waals surface area (Å²) in [5.41, 5.74) is 8.69. The fourth-order valence-electron chi connectivity index (χ4n) is 2.67. The van der Waals surface area contributed by atoms with Crippen molar-refractivity contribution in [1.82, 2.24) is 0 Å². The van der Waals surface area contributed by atoms with E-state index >= 15 is 0 Å². The Labute approximate surface area is 130 Å². The van der Waals surface area contributed by atoms with Crippen molar-refractivity contribution in [1.29, 1.82) is 0 Å². The summed E-state index contributed by atoms with van der Waals surface area (Å²) >= 11 is 3.57. The molecule has 1 fully saturated rings. The highest BCUT2D eigenvalue weighted by Gasteiger charge is 2.28. The van der Waals surface area contributed by atoms with Crippen LogP contribution >= 0.6 is 15.9 Å². The molecule has 1 heterocycles. The summed E-state index contributed by atoms with van der Waals surface area (Å²) < 4.78 is 6.92. The first-order chi connectivity index (χ1) is 9.41. The van der Waals surface area contributed by atoms with E-state index in [1.807, 2.05) is 0 Å². The predicted molar refractivity (Wildman–Crippen MR) is 88.4 cm³/mol. The van der Waals surface area contributed by atoms with Crippen LogP contribution in [0.1, 0.15) is 32.8 Å². The molecule has 0 amide bonds. The van der Waals surface area contributed by atoms with Crippen LogP contribution in [-0.2, 0) is 11.2 Å². The smallest absolute Gasteiger partial charge is 0.0801 e. The summed E-state index contributed by atoms with van der Waals surface area (Å²) in [5.74, 6) is 0. The van der Waals surface area contributed by atoms with Crippen molar-refractivity contribution in [3.63, 3.8) is 0 Å². The van der Waals surface area contributed by atoms with Gasteiger partial charge in [-0.25, -0.2) is 0 Å². The molecule has 0 bridgehead atoms. The van der Waals surface area contributed by atoms with Gasteiger partial charge in [0.15, 0.2) is 0 Å². The largest absolute Gasteiger partial charge is 0.372 e. The zero-order valence-corrected chi connectivity index (χ0v) is 14.2. The number of hydrogen-bond donors (Lipinski definition) is 1. The Morgan fingerprint density at radius 3 is 2.85 bits per heavy atom. The monoisotopic (exact) mass is 340 g/mol. The first kappa shape index (κ1) is 15.8. The van der Waals surface area contributed by atoms with Gasteiger partial charge in [-0.3, -0.25) is 0 Å². The van der Waals surface area contributed by atoms with Gasteiger partial charge in [0.25, 0.3) is 0 Å². The Bertz CT molecular complexity index is 462. The Balaban J connectivity index is 2.26. The van der Waals surface area contributed by atoms with Crippen LogP contribution in [-0.4, -0.2) is 31.3 Å². The molecule has 20 heavy (non-hydrogen) atoms. The number of ether oxygens (including phenoxy) is 1. The molecule has 1 aromatic rings. The number of hydrogen-bond acceptors (Lipinski definition) is 3. The summed E-state index contributed by atoms with van der Waals surface area (Å²) in [6.45, 7) is 9.08. The van der Waals surface area contributed by atoms with Crippen LogP contribution in [0.5, 0.6) is 0 Å². The second kappa shape index (κ2) is 6.46. The molecule has 0 aliphatic carbocycles. The van der Waals surface area contributed by atoms with Crippen LogP contribution in [0, 0.1) is 0 Å². The van der Waals surface area contributed by atoms with Crippen LogP contribution in [0.3, 0.4) is 0 Å². The van der Waals surface area contributed by atoms with E-state index < -0.39 is 0 Å². The summed E-state index contributed by atoms with van der Waals surface area (Å²) in [4.78, 5) is 2.42. The van der Waals surface area contributed by atoms with E-state index in [4.69, 9.17) is 10.5 Å². The van der Waals surface area contributed by atoms with Crippen molar-refractivity contribution >= 4 is 21.6 Å². The van der Waals surface area contributed by atoms with E-state index in [-0.39, 0.29) is 11.6 Å². The minimum atomic E-state index is -0.0878. The lowest BCUT2D eigenvalue weighted by atomic mass is 10.0. The fourth-order valence-corrected chi connectivity index (χ4v) is 3.08. The van der Waals surface area contributed by atoms with Crippen LogP contribution in [0.4, 0.5) is 5.69 Å². The average molecular weight is 341 g/mol. The molecule has 1 aliphatic rings. The topological polar surface area (TPSA) is 38.5 Å². The lowest BCUT2D eigenvalue weighted by Crippen LogP contribution is -2.48. The maximum atomic E-state index is 6.15. The summed E-state index contributed by atoms with van der Waals surface area (Å²) in [6, 6.07) is 6.73. The molecule has 1 atom stereocenters. The lowest BCUT2D eigenvalue weighted by molar-refractivity contribution is -0.0277. The third-order valence-electron chi connectivity index (χ3n) is 3.81. The molecule has 2 N–H and O–H groups in total.